The van der Waals surface area contributed by atoms with Crippen LogP contribution >= 0.6 is 0 Å². The van der Waals surface area contributed by atoms with Crippen LogP contribution in [0.15, 0.2) is 59.7 Å². The summed E-state index contributed by atoms with van der Waals surface area (Å²) in [7, 11) is 0. The maximum atomic E-state index is 13.5. The van der Waals surface area contributed by atoms with Gasteiger partial charge in [-0.15, -0.1) is 0 Å². The van der Waals surface area contributed by atoms with Gasteiger partial charge in [0.15, 0.2) is 0 Å². The summed E-state index contributed by atoms with van der Waals surface area (Å²) in [4.78, 5) is 22.6. The van der Waals surface area contributed by atoms with E-state index in [1.165, 1.54) is 30.5 Å². The van der Waals surface area contributed by atoms with Gasteiger partial charge in [-0.25, -0.2) is 9.82 Å². The third-order valence-electron chi connectivity index (χ3n) is 4.47. The van der Waals surface area contributed by atoms with E-state index in [2.05, 4.69) is 10.5 Å². The maximum absolute atomic E-state index is 13.5. The molecule has 0 saturated heterocycles. The van der Waals surface area contributed by atoms with Crippen LogP contribution in [0, 0.1) is 29.8 Å². The van der Waals surface area contributed by atoms with Gasteiger partial charge in [-0.3, -0.25) is 14.9 Å². The molecule has 1 N–H and O–H groups in total. The number of hydrogen-bond acceptors (Lipinski definition) is 4. The van der Waals surface area contributed by atoms with E-state index < -0.39 is 10.8 Å². The number of carbonyl (C=O) groups is 1. The monoisotopic (exact) mass is 394 g/mol. The number of nitro groups is 1. The van der Waals surface area contributed by atoms with Crippen LogP contribution in [0.1, 0.15) is 22.5 Å². The average Bonchev–Trinajstić information content (AvgIpc) is 2.95. The predicted molar refractivity (Wildman–Crippen MR) is 108 cm³/mol. The van der Waals surface area contributed by atoms with Gasteiger partial charge < -0.3 is 4.57 Å². The lowest BCUT2D eigenvalue weighted by Gasteiger charge is -2.09. The number of para-hydroxylation sites is 1. The number of amides is 1. The Bertz CT molecular complexity index is 1110. The largest absolute Gasteiger partial charge is 0.318 e. The van der Waals surface area contributed by atoms with Crippen molar-refractivity contribution in [2.45, 2.75) is 20.3 Å². The molecule has 1 aromatic heterocycles. The molecule has 0 fully saturated rings. The summed E-state index contributed by atoms with van der Waals surface area (Å²) >= 11 is 0. The molecule has 0 aliphatic rings. The molecule has 0 saturated carbocycles. The van der Waals surface area contributed by atoms with E-state index in [-0.39, 0.29) is 17.9 Å². The number of carbonyl (C=O) groups excluding carboxylic acids is 1. The van der Waals surface area contributed by atoms with Gasteiger partial charge in [-0.1, -0.05) is 24.3 Å². The highest BCUT2D eigenvalue weighted by Gasteiger charge is 2.15. The second-order valence-corrected chi connectivity index (χ2v) is 6.50. The number of nitro benzene ring substituents is 1. The summed E-state index contributed by atoms with van der Waals surface area (Å²) in [5.74, 6) is -0.790. The van der Waals surface area contributed by atoms with Crippen molar-refractivity contribution in [3.63, 3.8) is 0 Å². The first-order valence-electron chi connectivity index (χ1n) is 8.86. The molecule has 3 rings (SSSR count). The standard InChI is InChI=1S/C21H19FN4O3/c1-14-10-17(15(2)25(14)19-8-5-7-18(22)12-19)13-23-24-21(27)11-16-6-3-4-9-20(16)26(28)29/h3-10,12-13H,11H2,1-2H3,(H,24,27). The molecule has 0 aliphatic heterocycles. The number of benzene rings is 2. The molecule has 0 aliphatic carbocycles. The minimum atomic E-state index is -0.521. The number of nitrogens with zero attached hydrogens (tertiary/aromatic N) is 3. The van der Waals surface area contributed by atoms with E-state index in [0.717, 1.165) is 17.0 Å². The molecule has 0 spiro atoms. The van der Waals surface area contributed by atoms with Crippen molar-refractivity contribution in [3.05, 3.63) is 93.0 Å². The van der Waals surface area contributed by atoms with E-state index in [4.69, 9.17) is 0 Å². The fourth-order valence-electron chi connectivity index (χ4n) is 3.16. The summed E-state index contributed by atoms with van der Waals surface area (Å²) in [5, 5.41) is 15.0. The third kappa shape index (κ3) is 4.55. The van der Waals surface area contributed by atoms with Gasteiger partial charge in [0.2, 0.25) is 5.91 Å². The Morgan fingerprint density at radius 3 is 2.69 bits per heavy atom. The van der Waals surface area contributed by atoms with Crippen LogP contribution in [0.2, 0.25) is 0 Å². The van der Waals surface area contributed by atoms with Gasteiger partial charge in [0, 0.05) is 34.3 Å². The SMILES string of the molecule is Cc1cc(C=NNC(=O)Cc2ccccc2[N+](=O)[O-])c(C)n1-c1cccc(F)c1. The van der Waals surface area contributed by atoms with Gasteiger partial charge >= 0.3 is 0 Å². The van der Waals surface area contributed by atoms with Crippen molar-refractivity contribution in [1.29, 1.82) is 0 Å². The molecule has 3 aromatic rings. The topological polar surface area (TPSA) is 89.5 Å². The highest BCUT2D eigenvalue weighted by Crippen LogP contribution is 2.20. The van der Waals surface area contributed by atoms with Crippen molar-refractivity contribution in [1.82, 2.24) is 9.99 Å². The minimum absolute atomic E-state index is 0.106. The Balaban J connectivity index is 1.72. The van der Waals surface area contributed by atoms with Gasteiger partial charge in [0.05, 0.1) is 17.6 Å². The first-order chi connectivity index (χ1) is 13.9. The third-order valence-corrected chi connectivity index (χ3v) is 4.47. The van der Waals surface area contributed by atoms with Gasteiger partial charge in [-0.05, 0) is 38.1 Å². The Kier molecular flexibility index (Phi) is 5.82. The molecule has 7 nitrogen and oxygen atoms in total. The van der Waals surface area contributed by atoms with E-state index in [0.29, 0.717) is 11.3 Å². The lowest BCUT2D eigenvalue weighted by atomic mass is 10.1. The molecule has 2 aromatic carbocycles. The first kappa shape index (κ1) is 19.9. The van der Waals surface area contributed by atoms with Crippen molar-refractivity contribution >= 4 is 17.8 Å². The van der Waals surface area contributed by atoms with Crippen molar-refractivity contribution in [3.8, 4) is 5.69 Å². The van der Waals surface area contributed by atoms with Gasteiger partial charge in [0.25, 0.3) is 5.69 Å². The Morgan fingerprint density at radius 2 is 1.97 bits per heavy atom. The van der Waals surface area contributed by atoms with E-state index in [1.807, 2.05) is 24.5 Å². The summed E-state index contributed by atoms with van der Waals surface area (Å²) < 4.78 is 15.4. The smallest absolute Gasteiger partial charge is 0.273 e. The van der Waals surface area contributed by atoms with Crippen molar-refractivity contribution in [2.24, 2.45) is 5.10 Å². The zero-order chi connectivity index (χ0) is 21.0. The molecule has 0 unspecified atom stereocenters. The highest BCUT2D eigenvalue weighted by atomic mass is 19.1. The lowest BCUT2D eigenvalue weighted by molar-refractivity contribution is -0.385. The Hall–Kier alpha value is -3.81. The number of aromatic nitrogens is 1. The second-order valence-electron chi connectivity index (χ2n) is 6.50. The first-order valence-corrected chi connectivity index (χ1v) is 8.86. The zero-order valence-electron chi connectivity index (χ0n) is 15.9. The normalized spacial score (nSPS) is 11.0. The highest BCUT2D eigenvalue weighted by molar-refractivity contribution is 5.85. The molecule has 0 bridgehead atoms. The molecular weight excluding hydrogens is 375 g/mol. The molecular formula is C21H19FN4O3. The van der Waals surface area contributed by atoms with Crippen molar-refractivity contribution in [2.75, 3.05) is 0 Å². The minimum Gasteiger partial charge on any atom is -0.318 e. The summed E-state index contributed by atoms with van der Waals surface area (Å²) in [5.41, 5.74) is 5.78. The Morgan fingerprint density at radius 1 is 1.21 bits per heavy atom. The maximum Gasteiger partial charge on any atom is 0.273 e. The van der Waals surface area contributed by atoms with Crippen LogP contribution in [0.25, 0.3) is 5.69 Å². The number of halogens is 1. The quantitative estimate of drug-likeness (QED) is 0.391. The fourth-order valence-corrected chi connectivity index (χ4v) is 3.16. The fraction of sp³-hybridized carbons (Fsp3) is 0.143. The predicted octanol–water partition coefficient (Wildman–Crippen LogP) is 3.83. The summed E-state index contributed by atoms with van der Waals surface area (Å²) in [6.45, 7) is 3.76. The van der Waals surface area contributed by atoms with Crippen LogP contribution in [0.5, 0.6) is 0 Å². The summed E-state index contributed by atoms with van der Waals surface area (Å²) in [6.07, 6.45) is 1.34. The molecule has 1 heterocycles. The molecule has 0 radical (unpaired) electrons. The molecule has 8 heteroatoms. The molecule has 1 amide bonds. The van der Waals surface area contributed by atoms with E-state index in [9.17, 15) is 19.3 Å². The zero-order valence-corrected chi connectivity index (χ0v) is 15.9. The molecule has 0 atom stereocenters. The lowest BCUT2D eigenvalue weighted by Crippen LogP contribution is -2.20. The number of hydrazone groups is 1. The number of nitrogens with one attached hydrogen (secondary N) is 1. The average molecular weight is 394 g/mol. The van der Waals surface area contributed by atoms with Crippen LogP contribution in [-0.2, 0) is 11.2 Å². The molecule has 29 heavy (non-hydrogen) atoms. The second kappa shape index (κ2) is 8.47. The van der Waals surface area contributed by atoms with Crippen LogP contribution in [0.3, 0.4) is 0 Å². The van der Waals surface area contributed by atoms with Crippen molar-refractivity contribution < 1.29 is 14.1 Å². The van der Waals surface area contributed by atoms with Gasteiger partial charge in [0.1, 0.15) is 5.82 Å². The Labute approximate surface area is 166 Å². The van der Waals surface area contributed by atoms with Gasteiger partial charge in [-0.2, -0.15) is 5.10 Å². The van der Waals surface area contributed by atoms with E-state index in [1.54, 1.807) is 24.3 Å². The van der Waals surface area contributed by atoms with Crippen LogP contribution < -0.4 is 5.43 Å². The summed E-state index contributed by atoms with van der Waals surface area (Å²) in [6, 6.07) is 14.2. The molecule has 148 valence electrons. The van der Waals surface area contributed by atoms with Crippen LogP contribution in [0.4, 0.5) is 10.1 Å². The van der Waals surface area contributed by atoms with Crippen LogP contribution in [-0.4, -0.2) is 21.6 Å². The number of aryl methyl sites for hydroxylation is 1. The van der Waals surface area contributed by atoms with E-state index >= 15 is 0 Å². The number of rotatable bonds is 6. The number of hydrogen-bond donors (Lipinski definition) is 1.